The third-order valence-electron chi connectivity index (χ3n) is 3.94. The summed E-state index contributed by atoms with van der Waals surface area (Å²) in [5, 5.41) is 11.3. The number of rotatable bonds is 6. The SMILES string of the molecule is COC1CC[C@H](C(OC)OC)[C@H](c2ccccc2[N+](=O)[O-])O1. The van der Waals surface area contributed by atoms with Crippen molar-refractivity contribution < 1.29 is 23.9 Å². The molecule has 2 rings (SSSR count). The van der Waals surface area contributed by atoms with Crippen molar-refractivity contribution in [3.63, 3.8) is 0 Å². The third kappa shape index (κ3) is 3.44. The molecule has 1 fully saturated rings. The molecule has 0 aromatic heterocycles. The van der Waals surface area contributed by atoms with Gasteiger partial charge in [-0.3, -0.25) is 10.1 Å². The summed E-state index contributed by atoms with van der Waals surface area (Å²) in [6.07, 6.45) is -0.00783. The van der Waals surface area contributed by atoms with Gasteiger partial charge >= 0.3 is 0 Å². The summed E-state index contributed by atoms with van der Waals surface area (Å²) in [7, 11) is 4.66. The lowest BCUT2D eigenvalue weighted by molar-refractivity contribution is -0.387. The maximum atomic E-state index is 11.3. The molecule has 0 bridgehead atoms. The van der Waals surface area contributed by atoms with Crippen molar-refractivity contribution in [1.82, 2.24) is 0 Å². The van der Waals surface area contributed by atoms with Gasteiger partial charge < -0.3 is 18.9 Å². The van der Waals surface area contributed by atoms with E-state index in [1.807, 2.05) is 0 Å². The fraction of sp³-hybridized carbons (Fsp3) is 0.600. The summed E-state index contributed by atoms with van der Waals surface area (Å²) in [6.45, 7) is 0. The van der Waals surface area contributed by atoms with Gasteiger partial charge in [-0.1, -0.05) is 12.1 Å². The smallest absolute Gasteiger partial charge is 0.275 e. The summed E-state index contributed by atoms with van der Waals surface area (Å²) >= 11 is 0. The Kier molecular flexibility index (Phi) is 5.84. The molecule has 1 saturated heterocycles. The van der Waals surface area contributed by atoms with E-state index in [0.717, 1.165) is 6.42 Å². The molecule has 1 aromatic rings. The van der Waals surface area contributed by atoms with Crippen LogP contribution < -0.4 is 0 Å². The molecule has 1 aromatic carbocycles. The monoisotopic (exact) mass is 311 g/mol. The highest BCUT2D eigenvalue weighted by Gasteiger charge is 2.40. The number of ether oxygens (including phenoxy) is 4. The maximum Gasteiger partial charge on any atom is 0.275 e. The highest BCUT2D eigenvalue weighted by molar-refractivity contribution is 5.42. The Morgan fingerprint density at radius 1 is 1.23 bits per heavy atom. The Bertz CT molecular complexity index is 505. The normalized spacial score (nSPS) is 25.4. The van der Waals surface area contributed by atoms with E-state index in [1.54, 1.807) is 39.5 Å². The summed E-state index contributed by atoms with van der Waals surface area (Å²) in [6, 6.07) is 6.57. The first kappa shape index (κ1) is 16.8. The van der Waals surface area contributed by atoms with Crippen LogP contribution in [-0.2, 0) is 18.9 Å². The quantitative estimate of drug-likeness (QED) is 0.456. The van der Waals surface area contributed by atoms with Gasteiger partial charge in [-0.2, -0.15) is 0 Å². The number of nitro benzene ring substituents is 1. The van der Waals surface area contributed by atoms with Crippen LogP contribution in [0, 0.1) is 16.0 Å². The van der Waals surface area contributed by atoms with Crippen LogP contribution in [0.3, 0.4) is 0 Å². The van der Waals surface area contributed by atoms with E-state index in [9.17, 15) is 10.1 Å². The Hall–Kier alpha value is -1.54. The van der Waals surface area contributed by atoms with Gasteiger partial charge in [0, 0.05) is 33.3 Å². The summed E-state index contributed by atoms with van der Waals surface area (Å²) < 4.78 is 21.9. The molecule has 0 radical (unpaired) electrons. The number of methoxy groups -OCH3 is 3. The van der Waals surface area contributed by atoms with E-state index < -0.39 is 23.6 Å². The van der Waals surface area contributed by atoms with E-state index in [4.69, 9.17) is 18.9 Å². The summed E-state index contributed by atoms with van der Waals surface area (Å²) in [4.78, 5) is 10.9. The molecule has 0 aliphatic carbocycles. The number of hydrogen-bond donors (Lipinski definition) is 0. The van der Waals surface area contributed by atoms with Crippen molar-refractivity contribution in [3.8, 4) is 0 Å². The predicted octanol–water partition coefficient (Wildman–Crippen LogP) is 2.65. The lowest BCUT2D eigenvalue weighted by Gasteiger charge is -2.38. The average Bonchev–Trinajstić information content (AvgIpc) is 2.56. The lowest BCUT2D eigenvalue weighted by Crippen LogP contribution is -2.38. The lowest BCUT2D eigenvalue weighted by atomic mass is 9.87. The number of nitro groups is 1. The maximum absolute atomic E-state index is 11.3. The van der Waals surface area contributed by atoms with Crippen LogP contribution in [0.4, 0.5) is 5.69 Å². The van der Waals surface area contributed by atoms with Gasteiger partial charge in [-0.05, 0) is 18.9 Å². The van der Waals surface area contributed by atoms with E-state index in [-0.39, 0.29) is 11.6 Å². The summed E-state index contributed by atoms with van der Waals surface area (Å²) in [5.41, 5.74) is 0.540. The molecule has 122 valence electrons. The van der Waals surface area contributed by atoms with Gasteiger partial charge in [0.2, 0.25) is 0 Å². The van der Waals surface area contributed by atoms with Crippen LogP contribution in [0.1, 0.15) is 24.5 Å². The molecular weight excluding hydrogens is 290 g/mol. The van der Waals surface area contributed by atoms with E-state index in [0.29, 0.717) is 12.0 Å². The van der Waals surface area contributed by atoms with Crippen molar-refractivity contribution in [2.75, 3.05) is 21.3 Å². The molecule has 0 N–H and O–H groups in total. The molecule has 22 heavy (non-hydrogen) atoms. The van der Waals surface area contributed by atoms with Crippen molar-refractivity contribution in [2.45, 2.75) is 31.5 Å². The largest absolute Gasteiger partial charge is 0.356 e. The standard InChI is InChI=1S/C15H21NO6/c1-19-13-9-8-11(15(20-2)21-3)14(22-13)10-6-4-5-7-12(10)16(17)18/h4-7,11,13-15H,8-9H2,1-3H3/t11-,13?,14-/m0/s1. The highest BCUT2D eigenvalue weighted by Crippen LogP contribution is 2.42. The molecule has 1 aliphatic rings. The zero-order valence-corrected chi connectivity index (χ0v) is 12.9. The molecule has 0 spiro atoms. The van der Waals surface area contributed by atoms with Gasteiger partial charge in [-0.25, -0.2) is 0 Å². The van der Waals surface area contributed by atoms with Crippen LogP contribution in [0.2, 0.25) is 0 Å². The second kappa shape index (κ2) is 7.64. The molecule has 3 atom stereocenters. The van der Waals surface area contributed by atoms with Crippen LogP contribution in [0.25, 0.3) is 0 Å². The zero-order chi connectivity index (χ0) is 16.1. The minimum atomic E-state index is -0.523. The first-order chi connectivity index (χ1) is 10.6. The molecule has 7 nitrogen and oxygen atoms in total. The van der Waals surface area contributed by atoms with E-state index >= 15 is 0 Å². The van der Waals surface area contributed by atoms with E-state index in [2.05, 4.69) is 0 Å². The molecule has 0 saturated carbocycles. The van der Waals surface area contributed by atoms with Crippen molar-refractivity contribution in [3.05, 3.63) is 39.9 Å². The van der Waals surface area contributed by atoms with Crippen LogP contribution >= 0.6 is 0 Å². The highest BCUT2D eigenvalue weighted by atomic mass is 16.7. The van der Waals surface area contributed by atoms with Crippen LogP contribution in [0.5, 0.6) is 0 Å². The first-order valence-corrected chi connectivity index (χ1v) is 7.09. The zero-order valence-electron chi connectivity index (χ0n) is 12.9. The van der Waals surface area contributed by atoms with Crippen molar-refractivity contribution in [1.29, 1.82) is 0 Å². The fourth-order valence-electron chi connectivity index (χ4n) is 2.91. The minimum Gasteiger partial charge on any atom is -0.356 e. The van der Waals surface area contributed by atoms with Crippen molar-refractivity contribution >= 4 is 5.69 Å². The molecular formula is C15H21NO6. The summed E-state index contributed by atoms with van der Waals surface area (Å²) in [5.74, 6) is -0.150. The Morgan fingerprint density at radius 3 is 2.50 bits per heavy atom. The predicted molar refractivity (Wildman–Crippen MR) is 78.2 cm³/mol. The fourth-order valence-corrected chi connectivity index (χ4v) is 2.91. The Labute approximate surface area is 129 Å². The molecule has 1 heterocycles. The molecule has 7 heteroatoms. The average molecular weight is 311 g/mol. The number of hydrogen-bond acceptors (Lipinski definition) is 6. The first-order valence-electron chi connectivity index (χ1n) is 7.09. The number of benzene rings is 1. The second-order valence-corrected chi connectivity index (χ2v) is 5.12. The van der Waals surface area contributed by atoms with Crippen molar-refractivity contribution in [2.24, 2.45) is 5.92 Å². The topological polar surface area (TPSA) is 80.1 Å². The molecule has 0 amide bonds. The van der Waals surface area contributed by atoms with Crippen LogP contribution in [-0.4, -0.2) is 38.8 Å². The Morgan fingerprint density at radius 2 is 1.91 bits per heavy atom. The minimum absolute atomic E-state index is 0.0280. The Balaban J connectivity index is 2.39. The van der Waals surface area contributed by atoms with Gasteiger partial charge in [0.15, 0.2) is 12.6 Å². The van der Waals surface area contributed by atoms with Gasteiger partial charge in [0.25, 0.3) is 5.69 Å². The number of nitrogens with zero attached hydrogens (tertiary/aromatic N) is 1. The second-order valence-electron chi connectivity index (χ2n) is 5.12. The number of para-hydroxylation sites is 1. The van der Waals surface area contributed by atoms with Gasteiger partial charge in [0.05, 0.1) is 16.6 Å². The molecule has 1 aliphatic heterocycles. The van der Waals surface area contributed by atoms with E-state index in [1.165, 1.54) is 6.07 Å². The van der Waals surface area contributed by atoms with Gasteiger partial charge in [0.1, 0.15) is 0 Å². The molecule has 1 unspecified atom stereocenters. The van der Waals surface area contributed by atoms with Gasteiger partial charge in [-0.15, -0.1) is 0 Å². The van der Waals surface area contributed by atoms with Crippen LogP contribution in [0.15, 0.2) is 24.3 Å². The third-order valence-corrected chi connectivity index (χ3v) is 3.94.